The first-order valence-corrected chi connectivity index (χ1v) is 10.0. The molecule has 142 valence electrons. The van der Waals surface area contributed by atoms with E-state index in [4.69, 9.17) is 5.11 Å². The Balaban J connectivity index is 1.68. The molecule has 0 spiro atoms. The van der Waals surface area contributed by atoms with Crippen LogP contribution in [0.4, 0.5) is 5.69 Å². The van der Waals surface area contributed by atoms with Gasteiger partial charge in [0.05, 0.1) is 11.5 Å². The zero-order chi connectivity index (χ0) is 18.9. The van der Waals surface area contributed by atoms with Gasteiger partial charge in [0.15, 0.2) is 0 Å². The Kier molecular flexibility index (Phi) is 7.97. The van der Waals surface area contributed by atoms with Crippen molar-refractivity contribution < 1.29 is 19.5 Å². The van der Waals surface area contributed by atoms with Crippen molar-refractivity contribution in [2.45, 2.75) is 32.6 Å². The van der Waals surface area contributed by atoms with Gasteiger partial charge in [-0.3, -0.25) is 14.4 Å². The van der Waals surface area contributed by atoms with Gasteiger partial charge in [0.1, 0.15) is 0 Å². The Hall–Kier alpha value is -2.02. The third-order valence-corrected chi connectivity index (χ3v) is 5.35. The van der Waals surface area contributed by atoms with Gasteiger partial charge >= 0.3 is 5.97 Å². The minimum absolute atomic E-state index is 0.0261. The number of carbonyl (C=O) groups is 3. The molecule has 0 bridgehead atoms. The summed E-state index contributed by atoms with van der Waals surface area (Å²) in [6, 6.07) is 7.58. The molecule has 1 aromatic rings. The van der Waals surface area contributed by atoms with Crippen molar-refractivity contribution in [1.29, 1.82) is 0 Å². The first-order valence-electron chi connectivity index (χ1n) is 8.88. The van der Waals surface area contributed by atoms with Gasteiger partial charge in [-0.15, -0.1) is 11.8 Å². The van der Waals surface area contributed by atoms with E-state index in [2.05, 4.69) is 5.32 Å². The monoisotopic (exact) mass is 378 g/mol. The Morgan fingerprint density at radius 2 is 1.96 bits per heavy atom. The number of aliphatic carboxylic acids is 1. The number of carbonyl (C=O) groups excluding carboxylic acids is 2. The van der Waals surface area contributed by atoms with Crippen molar-refractivity contribution in [1.82, 2.24) is 4.90 Å². The van der Waals surface area contributed by atoms with E-state index in [0.29, 0.717) is 13.0 Å². The molecule has 0 saturated carbocycles. The number of nitrogens with one attached hydrogen (secondary N) is 1. The molecule has 0 radical (unpaired) electrons. The van der Waals surface area contributed by atoms with Crippen LogP contribution in [-0.4, -0.2) is 52.4 Å². The SMILES string of the molecule is Cc1ccc(NC(=O)CSCC(=O)N2CCCC(CCC(=O)O)C2)cc1. The number of piperidine rings is 1. The molecule has 7 heteroatoms. The molecule has 6 nitrogen and oxygen atoms in total. The molecule has 0 aromatic heterocycles. The number of hydrogen-bond donors (Lipinski definition) is 2. The van der Waals surface area contributed by atoms with Crippen molar-refractivity contribution in [2.24, 2.45) is 5.92 Å². The molecule has 0 aliphatic carbocycles. The van der Waals surface area contributed by atoms with Crippen LogP contribution < -0.4 is 5.32 Å². The van der Waals surface area contributed by atoms with Gasteiger partial charge < -0.3 is 15.3 Å². The minimum Gasteiger partial charge on any atom is -0.481 e. The Morgan fingerprint density at radius 3 is 2.65 bits per heavy atom. The third kappa shape index (κ3) is 7.07. The number of hydrogen-bond acceptors (Lipinski definition) is 4. The maximum Gasteiger partial charge on any atom is 0.303 e. The Bertz CT molecular complexity index is 633. The highest BCUT2D eigenvalue weighted by molar-refractivity contribution is 8.00. The van der Waals surface area contributed by atoms with E-state index in [9.17, 15) is 14.4 Å². The van der Waals surface area contributed by atoms with E-state index in [0.717, 1.165) is 30.6 Å². The molecular formula is C19H26N2O4S. The highest BCUT2D eigenvalue weighted by Gasteiger charge is 2.24. The highest BCUT2D eigenvalue weighted by atomic mass is 32.2. The summed E-state index contributed by atoms with van der Waals surface area (Å²) in [4.78, 5) is 36.8. The van der Waals surface area contributed by atoms with Crippen molar-refractivity contribution in [3.8, 4) is 0 Å². The van der Waals surface area contributed by atoms with E-state index in [1.165, 1.54) is 11.8 Å². The number of aryl methyl sites for hydroxylation is 1. The summed E-state index contributed by atoms with van der Waals surface area (Å²) in [6.07, 6.45) is 2.66. The van der Waals surface area contributed by atoms with Gasteiger partial charge in [-0.05, 0) is 44.2 Å². The van der Waals surface area contributed by atoms with Crippen LogP contribution in [0.2, 0.25) is 0 Å². The zero-order valence-electron chi connectivity index (χ0n) is 15.1. The molecule has 1 unspecified atom stereocenters. The first-order chi connectivity index (χ1) is 12.4. The molecule has 1 heterocycles. The smallest absolute Gasteiger partial charge is 0.303 e. The van der Waals surface area contributed by atoms with Gasteiger partial charge in [0.2, 0.25) is 11.8 Å². The molecule has 1 fully saturated rings. The van der Waals surface area contributed by atoms with Gasteiger partial charge in [-0.1, -0.05) is 17.7 Å². The second kappa shape index (κ2) is 10.2. The number of nitrogens with zero attached hydrogens (tertiary/aromatic N) is 1. The Labute approximate surface area is 158 Å². The van der Waals surface area contributed by atoms with Gasteiger partial charge in [0, 0.05) is 25.2 Å². The normalized spacial score (nSPS) is 17.0. The molecule has 1 aliphatic rings. The van der Waals surface area contributed by atoms with Crippen molar-refractivity contribution in [3.63, 3.8) is 0 Å². The predicted molar refractivity (Wildman–Crippen MR) is 103 cm³/mol. The van der Waals surface area contributed by atoms with Gasteiger partial charge in [-0.2, -0.15) is 0 Å². The predicted octanol–water partition coefficient (Wildman–Crippen LogP) is 2.77. The molecule has 2 rings (SSSR count). The van der Waals surface area contributed by atoms with Crippen LogP contribution >= 0.6 is 11.8 Å². The average Bonchev–Trinajstić information content (AvgIpc) is 2.62. The lowest BCUT2D eigenvalue weighted by molar-refractivity contribution is -0.137. The van der Waals surface area contributed by atoms with Crippen LogP contribution in [0.1, 0.15) is 31.2 Å². The maximum absolute atomic E-state index is 12.3. The summed E-state index contributed by atoms with van der Waals surface area (Å²) in [5.74, 6) is -0.118. The quantitative estimate of drug-likeness (QED) is 0.726. The number of rotatable bonds is 8. The number of thioether (sulfide) groups is 1. The maximum atomic E-state index is 12.3. The molecule has 1 aliphatic heterocycles. The number of anilines is 1. The highest BCUT2D eigenvalue weighted by Crippen LogP contribution is 2.21. The number of amides is 2. The summed E-state index contributed by atoms with van der Waals surface area (Å²) in [5.41, 5.74) is 1.89. The summed E-state index contributed by atoms with van der Waals surface area (Å²) in [5, 5.41) is 11.6. The van der Waals surface area contributed by atoms with Crippen LogP contribution in [0.25, 0.3) is 0 Å². The number of benzene rings is 1. The second-order valence-corrected chi connectivity index (χ2v) is 7.67. The molecule has 1 atom stereocenters. The van der Waals surface area contributed by atoms with E-state index in [1.54, 1.807) is 4.90 Å². The largest absolute Gasteiger partial charge is 0.481 e. The zero-order valence-corrected chi connectivity index (χ0v) is 15.9. The van der Waals surface area contributed by atoms with Crippen LogP contribution in [0.15, 0.2) is 24.3 Å². The minimum atomic E-state index is -0.788. The lowest BCUT2D eigenvalue weighted by Crippen LogP contribution is -2.41. The van der Waals surface area contributed by atoms with Gasteiger partial charge in [0.25, 0.3) is 0 Å². The van der Waals surface area contributed by atoms with Gasteiger partial charge in [-0.25, -0.2) is 0 Å². The van der Waals surface area contributed by atoms with Crippen molar-refractivity contribution in [3.05, 3.63) is 29.8 Å². The van der Waals surface area contributed by atoms with E-state index in [-0.39, 0.29) is 35.7 Å². The number of carboxylic acid groups (broad SMARTS) is 1. The average molecular weight is 378 g/mol. The Morgan fingerprint density at radius 1 is 1.23 bits per heavy atom. The summed E-state index contributed by atoms with van der Waals surface area (Å²) in [7, 11) is 0. The summed E-state index contributed by atoms with van der Waals surface area (Å²) < 4.78 is 0. The lowest BCUT2D eigenvalue weighted by Gasteiger charge is -2.32. The molecule has 26 heavy (non-hydrogen) atoms. The summed E-state index contributed by atoms with van der Waals surface area (Å²) >= 11 is 1.31. The van der Waals surface area contributed by atoms with E-state index in [1.807, 2.05) is 31.2 Å². The summed E-state index contributed by atoms with van der Waals surface area (Å²) in [6.45, 7) is 3.33. The molecule has 2 amide bonds. The first kappa shape index (κ1) is 20.3. The fourth-order valence-electron chi connectivity index (χ4n) is 3.01. The number of likely N-dealkylation sites (tertiary alicyclic amines) is 1. The topological polar surface area (TPSA) is 86.7 Å². The molecular weight excluding hydrogens is 352 g/mol. The second-order valence-electron chi connectivity index (χ2n) is 6.69. The van der Waals surface area contributed by atoms with E-state index >= 15 is 0 Å². The number of carboxylic acids is 1. The standard InChI is InChI=1S/C19H26N2O4S/c1-14-4-7-16(8-5-14)20-17(22)12-26-13-18(23)21-10-2-3-15(11-21)6-9-19(24)25/h4-5,7-8,15H,2-3,6,9-13H2,1H3,(H,20,22)(H,24,25). The van der Waals surface area contributed by atoms with E-state index < -0.39 is 5.97 Å². The third-order valence-electron chi connectivity index (χ3n) is 4.43. The van der Waals surface area contributed by atoms with Crippen molar-refractivity contribution >= 4 is 35.2 Å². The molecule has 1 saturated heterocycles. The fourth-order valence-corrected chi connectivity index (χ4v) is 3.73. The lowest BCUT2D eigenvalue weighted by atomic mass is 9.93. The molecule has 2 N–H and O–H groups in total. The van der Waals surface area contributed by atoms with Crippen molar-refractivity contribution in [2.75, 3.05) is 29.9 Å². The molecule has 1 aromatic carbocycles. The van der Waals surface area contributed by atoms with Crippen LogP contribution in [0.5, 0.6) is 0 Å². The van der Waals surface area contributed by atoms with Crippen LogP contribution in [0, 0.1) is 12.8 Å². The van der Waals surface area contributed by atoms with Crippen LogP contribution in [0.3, 0.4) is 0 Å². The van der Waals surface area contributed by atoms with Crippen LogP contribution in [-0.2, 0) is 14.4 Å². The fraction of sp³-hybridized carbons (Fsp3) is 0.526.